The Morgan fingerprint density at radius 1 is 1.00 bits per heavy atom. The molecule has 0 radical (unpaired) electrons. The zero-order valence-corrected chi connectivity index (χ0v) is 24.9. The van der Waals surface area contributed by atoms with E-state index in [4.69, 9.17) is 34.1 Å². The summed E-state index contributed by atoms with van der Waals surface area (Å²) in [5.41, 5.74) is 8.18. The van der Waals surface area contributed by atoms with Crippen LogP contribution in [0.4, 0.5) is 0 Å². The van der Waals surface area contributed by atoms with Crippen LogP contribution in [0.5, 0.6) is 0 Å². The number of carbonyl (C=O) groups excluding carboxylic acids is 2. The highest BCUT2D eigenvalue weighted by atomic mass is 35.5. The molecule has 4 N–H and O–H groups in total. The molecule has 0 bridgehead atoms. The van der Waals surface area contributed by atoms with Crippen molar-refractivity contribution in [2.75, 3.05) is 26.7 Å². The molecular formula is C28H31Cl2N5O5S. The SMILES string of the molecule is Cc1c(Cl)ccc(S(=O)(=O)N(CCc2ccccc2)CC(=O)NCC(=O)N(C)Cc2ccc(/C(N)=N\O)cc2)c1Cl. The van der Waals surface area contributed by atoms with Crippen LogP contribution in [0.1, 0.15) is 22.3 Å². The Bertz CT molecular complexity index is 1520. The lowest BCUT2D eigenvalue weighted by atomic mass is 10.1. The van der Waals surface area contributed by atoms with Gasteiger partial charge in [0.2, 0.25) is 21.8 Å². The van der Waals surface area contributed by atoms with Crippen molar-refractivity contribution in [3.8, 4) is 0 Å². The second-order valence-electron chi connectivity index (χ2n) is 9.27. The normalized spacial score (nSPS) is 11.9. The number of nitrogens with one attached hydrogen (secondary N) is 1. The summed E-state index contributed by atoms with van der Waals surface area (Å²) in [5, 5.41) is 14.6. The molecule has 3 rings (SSSR count). The monoisotopic (exact) mass is 619 g/mol. The number of likely N-dealkylation sites (N-methyl/N-ethyl adjacent to an activating group) is 1. The summed E-state index contributed by atoms with van der Waals surface area (Å²) in [7, 11) is -2.61. The lowest BCUT2D eigenvalue weighted by Crippen LogP contribution is -2.44. The Balaban J connectivity index is 1.68. The van der Waals surface area contributed by atoms with E-state index in [1.807, 2.05) is 30.3 Å². The van der Waals surface area contributed by atoms with Gasteiger partial charge in [-0.1, -0.05) is 83.0 Å². The number of hydrogen-bond acceptors (Lipinski definition) is 6. The molecule has 0 unspecified atom stereocenters. The van der Waals surface area contributed by atoms with Crippen molar-refractivity contribution in [1.82, 2.24) is 14.5 Å². The number of carbonyl (C=O) groups is 2. The first kappa shape index (κ1) is 31.9. The zero-order chi connectivity index (χ0) is 30.2. The maximum Gasteiger partial charge on any atom is 0.245 e. The van der Waals surface area contributed by atoms with Gasteiger partial charge in [0, 0.05) is 30.7 Å². The summed E-state index contributed by atoms with van der Waals surface area (Å²) >= 11 is 12.5. The summed E-state index contributed by atoms with van der Waals surface area (Å²) in [6.45, 7) is 1.02. The fraction of sp³-hybridized carbons (Fsp3) is 0.250. The first-order valence-electron chi connectivity index (χ1n) is 12.5. The molecule has 218 valence electrons. The minimum atomic E-state index is -4.19. The number of benzene rings is 3. The number of rotatable bonds is 12. The maximum absolute atomic E-state index is 13.6. The number of oxime groups is 1. The molecule has 10 nitrogen and oxygen atoms in total. The van der Waals surface area contributed by atoms with Gasteiger partial charge in [0.05, 0.1) is 18.1 Å². The Morgan fingerprint density at radius 3 is 2.29 bits per heavy atom. The predicted molar refractivity (Wildman–Crippen MR) is 159 cm³/mol. The van der Waals surface area contributed by atoms with E-state index < -0.39 is 22.5 Å². The average molecular weight is 621 g/mol. The van der Waals surface area contributed by atoms with Crippen LogP contribution in [0.15, 0.2) is 76.8 Å². The number of hydrogen-bond donors (Lipinski definition) is 3. The van der Waals surface area contributed by atoms with E-state index in [0.29, 0.717) is 22.6 Å². The molecule has 0 aromatic heterocycles. The van der Waals surface area contributed by atoms with Crippen molar-refractivity contribution in [3.05, 3.63) is 99.0 Å². The molecule has 0 atom stereocenters. The van der Waals surface area contributed by atoms with Crippen LogP contribution in [-0.2, 0) is 32.6 Å². The number of amidine groups is 1. The lowest BCUT2D eigenvalue weighted by molar-refractivity contribution is -0.132. The van der Waals surface area contributed by atoms with Gasteiger partial charge in [0.15, 0.2) is 5.84 Å². The molecule has 0 aliphatic rings. The first-order valence-corrected chi connectivity index (χ1v) is 14.7. The van der Waals surface area contributed by atoms with Crippen LogP contribution < -0.4 is 11.1 Å². The second-order valence-corrected chi connectivity index (χ2v) is 12.0. The summed E-state index contributed by atoms with van der Waals surface area (Å²) in [5.74, 6) is -1.06. The molecule has 0 spiro atoms. The topological polar surface area (TPSA) is 145 Å². The van der Waals surface area contributed by atoms with Crippen molar-refractivity contribution in [3.63, 3.8) is 0 Å². The van der Waals surface area contributed by atoms with Crippen LogP contribution >= 0.6 is 23.2 Å². The van der Waals surface area contributed by atoms with E-state index in [-0.39, 0.29) is 41.3 Å². The highest BCUT2D eigenvalue weighted by molar-refractivity contribution is 7.89. The Morgan fingerprint density at radius 2 is 1.66 bits per heavy atom. The van der Waals surface area contributed by atoms with Gasteiger partial charge in [-0.15, -0.1) is 0 Å². The van der Waals surface area contributed by atoms with Crippen molar-refractivity contribution < 1.29 is 23.2 Å². The third kappa shape index (κ3) is 8.43. The van der Waals surface area contributed by atoms with Gasteiger partial charge in [-0.05, 0) is 42.2 Å². The third-order valence-corrected chi connectivity index (χ3v) is 9.25. The van der Waals surface area contributed by atoms with Gasteiger partial charge in [-0.25, -0.2) is 8.42 Å². The molecule has 0 heterocycles. The van der Waals surface area contributed by atoms with Gasteiger partial charge in [-0.2, -0.15) is 4.31 Å². The van der Waals surface area contributed by atoms with Crippen molar-refractivity contribution in [1.29, 1.82) is 0 Å². The zero-order valence-electron chi connectivity index (χ0n) is 22.5. The molecule has 41 heavy (non-hydrogen) atoms. The van der Waals surface area contributed by atoms with Crippen molar-refractivity contribution in [2.45, 2.75) is 24.8 Å². The highest BCUT2D eigenvalue weighted by Gasteiger charge is 2.29. The average Bonchev–Trinajstić information content (AvgIpc) is 2.97. The summed E-state index contributed by atoms with van der Waals surface area (Å²) < 4.78 is 28.3. The number of nitrogens with two attached hydrogens (primary N) is 1. The van der Waals surface area contributed by atoms with E-state index in [1.54, 1.807) is 38.2 Å². The number of nitrogens with zero attached hydrogens (tertiary/aromatic N) is 3. The highest BCUT2D eigenvalue weighted by Crippen LogP contribution is 2.32. The van der Waals surface area contributed by atoms with E-state index in [9.17, 15) is 18.0 Å². The maximum atomic E-state index is 13.6. The minimum absolute atomic E-state index is 0.00706. The smallest absolute Gasteiger partial charge is 0.245 e. The second kappa shape index (κ2) is 14.3. The largest absolute Gasteiger partial charge is 0.409 e. The molecule has 0 aliphatic carbocycles. The van der Waals surface area contributed by atoms with Crippen LogP contribution in [0.25, 0.3) is 0 Å². The standard InChI is InChI=1S/C28H31Cl2N5O5S/c1-19-23(29)12-13-24(27(19)30)41(39,40)35(15-14-20-6-4-3-5-7-20)18-25(36)32-16-26(37)34(2)17-21-8-10-22(11-9-21)28(31)33-38/h3-13,38H,14-18H2,1-2H3,(H2,31,33)(H,32,36). The molecule has 0 aliphatic heterocycles. The quantitative estimate of drug-likeness (QED) is 0.123. The van der Waals surface area contributed by atoms with Crippen LogP contribution in [0, 0.1) is 6.92 Å². The Kier molecular flexibility index (Phi) is 11.1. The third-order valence-electron chi connectivity index (χ3n) is 6.36. The van der Waals surface area contributed by atoms with Gasteiger partial charge in [0.25, 0.3) is 0 Å². The molecule has 13 heteroatoms. The molecule has 0 saturated heterocycles. The molecule has 2 amide bonds. The van der Waals surface area contributed by atoms with E-state index in [0.717, 1.165) is 15.4 Å². The van der Waals surface area contributed by atoms with Crippen LogP contribution in [-0.4, -0.2) is 67.2 Å². The lowest BCUT2D eigenvalue weighted by Gasteiger charge is -2.23. The number of amides is 2. The van der Waals surface area contributed by atoms with Crippen molar-refractivity contribution >= 4 is 50.9 Å². The van der Waals surface area contributed by atoms with Gasteiger partial charge >= 0.3 is 0 Å². The van der Waals surface area contributed by atoms with Crippen molar-refractivity contribution in [2.24, 2.45) is 10.9 Å². The fourth-order valence-electron chi connectivity index (χ4n) is 3.88. The summed E-state index contributed by atoms with van der Waals surface area (Å²) in [6.07, 6.45) is 0.355. The van der Waals surface area contributed by atoms with Crippen LogP contribution in [0.2, 0.25) is 10.0 Å². The Labute approximate surface area is 249 Å². The predicted octanol–water partition coefficient (Wildman–Crippen LogP) is 3.40. The molecule has 0 saturated carbocycles. The van der Waals surface area contributed by atoms with Crippen LogP contribution in [0.3, 0.4) is 0 Å². The number of halogens is 2. The number of sulfonamides is 1. The van der Waals surface area contributed by atoms with Gasteiger partial charge in [-0.3, -0.25) is 9.59 Å². The Hall–Kier alpha value is -3.64. The van der Waals surface area contributed by atoms with E-state index in [1.165, 1.54) is 17.0 Å². The summed E-state index contributed by atoms with van der Waals surface area (Å²) in [6, 6.07) is 18.8. The van der Waals surface area contributed by atoms with E-state index in [2.05, 4.69) is 10.5 Å². The van der Waals surface area contributed by atoms with Gasteiger partial charge in [0.1, 0.15) is 4.90 Å². The molecular weight excluding hydrogens is 589 g/mol. The summed E-state index contributed by atoms with van der Waals surface area (Å²) in [4.78, 5) is 26.8. The van der Waals surface area contributed by atoms with E-state index >= 15 is 0 Å². The molecule has 0 fully saturated rings. The molecule has 3 aromatic carbocycles. The molecule has 3 aromatic rings. The fourth-order valence-corrected chi connectivity index (χ4v) is 6.06. The first-order chi connectivity index (χ1) is 19.4. The minimum Gasteiger partial charge on any atom is -0.409 e. The van der Waals surface area contributed by atoms with Gasteiger partial charge < -0.3 is 21.2 Å².